The van der Waals surface area contributed by atoms with Crippen molar-refractivity contribution < 1.29 is 46.4 Å². The minimum Gasteiger partial charge on any atom is -1.00 e. The average Bonchev–Trinajstić information content (AvgIpc) is 3.39. The van der Waals surface area contributed by atoms with Gasteiger partial charge in [-0.05, 0) is 11.8 Å². The Hall–Kier alpha value is 0.186. The Balaban J connectivity index is 0.000000210. The molecule has 0 spiro atoms. The van der Waals surface area contributed by atoms with Crippen molar-refractivity contribution in [3.8, 4) is 0 Å². The van der Waals surface area contributed by atoms with Crippen molar-refractivity contribution in [3.63, 3.8) is 0 Å². The molecule has 0 nitrogen and oxygen atoms in total. The van der Waals surface area contributed by atoms with Crippen LogP contribution in [0.5, 0.6) is 0 Å². The monoisotopic (exact) mass is 564 g/mol. The SMILES string of the molecule is C1=CC2[CH-]CCC2C=C1.C1=CC2[CH-]CCC2C=C1.[CH3][Ge](=[Zr+2])[c]1ccccc1.[Cl-].[Cl-]. The van der Waals surface area contributed by atoms with Crippen molar-refractivity contribution in [1.29, 1.82) is 0 Å². The van der Waals surface area contributed by atoms with Crippen molar-refractivity contribution in [2.24, 2.45) is 23.7 Å². The molecule has 4 atom stereocenters. The van der Waals surface area contributed by atoms with Crippen molar-refractivity contribution in [3.05, 3.63) is 91.8 Å². The number of hydrogen-bond donors (Lipinski definition) is 0. The van der Waals surface area contributed by atoms with E-state index in [-0.39, 0.29) is 24.8 Å². The second kappa shape index (κ2) is 15.1. The van der Waals surface area contributed by atoms with Gasteiger partial charge >= 0.3 is 72.1 Å². The molecule has 29 heavy (non-hydrogen) atoms. The van der Waals surface area contributed by atoms with Crippen LogP contribution in [0.15, 0.2) is 78.9 Å². The normalized spacial score (nSPS) is 27.1. The Morgan fingerprint density at radius 1 is 0.759 bits per heavy atom. The fourth-order valence-electron chi connectivity index (χ4n) is 4.08. The molecule has 2 saturated carbocycles. The molecule has 4 aliphatic carbocycles. The van der Waals surface area contributed by atoms with E-state index in [1.165, 1.54) is 25.7 Å². The Morgan fingerprint density at radius 2 is 1.21 bits per heavy atom. The molecule has 0 amide bonds. The van der Waals surface area contributed by atoms with Crippen LogP contribution in [-0.4, -0.2) is 9.98 Å². The first kappa shape index (κ1) is 27.2. The van der Waals surface area contributed by atoms with Gasteiger partial charge in [0.15, 0.2) is 0 Å². The first-order chi connectivity index (χ1) is 13.2. The third-order valence-corrected chi connectivity index (χ3v) is 11.9. The maximum Gasteiger partial charge on any atom is -1.00 e. The van der Waals surface area contributed by atoms with E-state index in [0.717, 1.165) is 23.7 Å². The molecule has 0 aromatic heterocycles. The minimum atomic E-state index is -0.676. The van der Waals surface area contributed by atoms with Crippen LogP contribution in [0.4, 0.5) is 0 Å². The van der Waals surface area contributed by atoms with Crippen LogP contribution >= 0.6 is 0 Å². The fourth-order valence-corrected chi connectivity index (χ4v) is 7.66. The molecule has 4 aliphatic rings. The maximum atomic E-state index is 2.42. The van der Waals surface area contributed by atoms with Gasteiger partial charge in [0.2, 0.25) is 0 Å². The number of halogens is 2. The van der Waals surface area contributed by atoms with E-state index in [1.54, 1.807) is 26.0 Å². The van der Waals surface area contributed by atoms with Crippen LogP contribution in [0.1, 0.15) is 25.7 Å². The Labute approximate surface area is 206 Å². The van der Waals surface area contributed by atoms with Crippen LogP contribution in [0.3, 0.4) is 0 Å². The molecule has 4 heteroatoms. The minimum absolute atomic E-state index is 0. The molecule has 4 unspecified atom stereocenters. The average molecular weight is 565 g/mol. The van der Waals surface area contributed by atoms with Gasteiger partial charge in [-0.2, -0.15) is 12.8 Å². The summed E-state index contributed by atoms with van der Waals surface area (Å²) in [5.41, 5.74) is 0. The second-order valence-electron chi connectivity index (χ2n) is 7.64. The zero-order chi connectivity index (χ0) is 18.9. The summed E-state index contributed by atoms with van der Waals surface area (Å²) in [5, 5.41) is 0. The van der Waals surface area contributed by atoms with E-state index in [2.05, 4.69) is 97.5 Å². The molecule has 1 aromatic rings. The summed E-state index contributed by atoms with van der Waals surface area (Å²) >= 11 is 1.76. The quantitative estimate of drug-likeness (QED) is 0.326. The topological polar surface area (TPSA) is 0 Å². The molecule has 0 bridgehead atoms. The second-order valence-corrected chi connectivity index (χ2v) is 21.1. The van der Waals surface area contributed by atoms with E-state index in [0.29, 0.717) is 0 Å². The number of allylic oxidation sites excluding steroid dienone is 8. The van der Waals surface area contributed by atoms with Crippen molar-refractivity contribution in [1.82, 2.24) is 0 Å². The summed E-state index contributed by atoms with van der Waals surface area (Å²) in [4.78, 5) is 0. The van der Waals surface area contributed by atoms with Gasteiger partial charge in [-0.15, -0.1) is 24.0 Å². The standard InChI is InChI=1S/2C9H11.C7H8Ge.2ClH.Zr/c2*1-2-5-9-7-3-6-8(9)4-1;1-8-7-5-3-2-4-6-7;;;/h2*1-2,4-6,8-9H,3,7H2;2-6H,1H3;2*1H;/q2*-1;;;;+2/p-2. The van der Waals surface area contributed by atoms with Crippen LogP contribution in [0.25, 0.3) is 0 Å². The molecule has 0 heterocycles. The van der Waals surface area contributed by atoms with E-state index in [4.69, 9.17) is 0 Å². The van der Waals surface area contributed by atoms with E-state index in [9.17, 15) is 0 Å². The molecule has 2 fully saturated rings. The molecule has 0 N–H and O–H groups in total. The van der Waals surface area contributed by atoms with E-state index < -0.39 is 9.98 Å². The first-order valence-electron chi connectivity index (χ1n) is 10.2. The Kier molecular flexibility index (Phi) is 14.1. The maximum absolute atomic E-state index is 2.42. The molecule has 5 rings (SSSR count). The molecule has 0 radical (unpaired) electrons. The zero-order valence-electron chi connectivity index (χ0n) is 17.1. The largest absolute Gasteiger partial charge is 1.00 e. The van der Waals surface area contributed by atoms with Crippen molar-refractivity contribution in [2.75, 3.05) is 0 Å². The molecule has 154 valence electrons. The van der Waals surface area contributed by atoms with Crippen LogP contribution in [0, 0.1) is 36.5 Å². The van der Waals surface area contributed by atoms with Crippen molar-refractivity contribution in [2.45, 2.75) is 31.4 Å². The summed E-state index contributed by atoms with van der Waals surface area (Å²) in [7, 11) is -0.676. The van der Waals surface area contributed by atoms with Gasteiger partial charge in [-0.3, -0.25) is 0 Å². The van der Waals surface area contributed by atoms with Gasteiger partial charge in [0.25, 0.3) is 0 Å². The zero-order valence-corrected chi connectivity index (χ0v) is 23.1. The van der Waals surface area contributed by atoms with Crippen LogP contribution < -0.4 is 29.2 Å². The molecule has 0 saturated heterocycles. The number of benzene rings is 1. The summed E-state index contributed by atoms with van der Waals surface area (Å²) < 4.78 is 1.62. The summed E-state index contributed by atoms with van der Waals surface area (Å²) in [6.07, 6.45) is 28.1. The number of fused-ring (bicyclic) bond motifs is 2. The third kappa shape index (κ3) is 9.06. The van der Waals surface area contributed by atoms with Gasteiger partial charge < -0.3 is 37.7 Å². The third-order valence-electron chi connectivity index (χ3n) is 5.68. The van der Waals surface area contributed by atoms with E-state index >= 15 is 0 Å². The predicted molar refractivity (Wildman–Crippen MR) is 115 cm³/mol. The van der Waals surface area contributed by atoms with Crippen molar-refractivity contribution >= 4 is 14.4 Å². The molecule has 1 aromatic carbocycles. The first-order valence-corrected chi connectivity index (χ1v) is 20.8. The summed E-state index contributed by atoms with van der Waals surface area (Å²) in [6, 6.07) is 10.9. The molecular formula is C25H30Cl2GeZr-2. The molecular weight excluding hydrogens is 535 g/mol. The Bertz CT molecular complexity index is 650. The summed E-state index contributed by atoms with van der Waals surface area (Å²) in [6.45, 7) is 0. The van der Waals surface area contributed by atoms with Gasteiger partial charge in [-0.25, -0.2) is 0 Å². The Morgan fingerprint density at radius 3 is 1.59 bits per heavy atom. The van der Waals surface area contributed by atoms with Gasteiger partial charge in [0, 0.05) is 0 Å². The van der Waals surface area contributed by atoms with E-state index in [1.807, 2.05) is 0 Å². The fraction of sp³-hybridized carbons (Fsp3) is 0.360. The summed E-state index contributed by atoms with van der Waals surface area (Å²) in [5.74, 6) is 5.64. The number of rotatable bonds is 1. The molecule has 0 aliphatic heterocycles. The van der Waals surface area contributed by atoms with Crippen LogP contribution in [0.2, 0.25) is 5.76 Å². The smallest absolute Gasteiger partial charge is 1.00 e. The van der Waals surface area contributed by atoms with Gasteiger partial charge in [0.1, 0.15) is 0 Å². The van der Waals surface area contributed by atoms with Gasteiger partial charge in [-0.1, -0.05) is 49.3 Å². The number of hydrogen-bond acceptors (Lipinski definition) is 0. The van der Waals surface area contributed by atoms with Crippen LogP contribution in [-0.2, 0) is 21.6 Å². The van der Waals surface area contributed by atoms with Gasteiger partial charge in [0.05, 0.1) is 0 Å². The predicted octanol–water partition coefficient (Wildman–Crippen LogP) is -0.245.